The Labute approximate surface area is 502 Å². The number of allylic oxidation sites excluding steroid dienone is 10. The Kier molecular flexibility index (Phi) is 60.5. The minimum Gasteiger partial charge on any atom is -0.462 e. The maximum Gasteiger partial charge on any atom is 0.472 e. The fourth-order valence-corrected chi connectivity index (χ4v) is 10.8. The minimum absolute atomic E-state index is 0.0320. The molecule has 0 aliphatic carbocycles. The van der Waals surface area contributed by atoms with Crippen LogP contribution in [0.5, 0.6) is 0 Å². The van der Waals surface area contributed by atoms with E-state index in [4.69, 9.17) is 18.5 Å². The summed E-state index contributed by atoms with van der Waals surface area (Å²) in [6, 6.07) is 0. The quantitative estimate of drug-likeness (QED) is 0.0211. The van der Waals surface area contributed by atoms with Crippen LogP contribution in [0, 0.1) is 0 Å². The van der Waals surface area contributed by atoms with Crippen molar-refractivity contribution in [3.63, 3.8) is 0 Å². The van der Waals surface area contributed by atoms with Crippen molar-refractivity contribution in [2.75, 3.05) is 47.5 Å². The fraction of sp³-hybridized carbons (Fsp3) is 0.831. The summed E-state index contributed by atoms with van der Waals surface area (Å²) >= 11 is 0. The van der Waals surface area contributed by atoms with Gasteiger partial charge in [0.15, 0.2) is 6.10 Å². The molecule has 0 aliphatic heterocycles. The van der Waals surface area contributed by atoms with E-state index >= 15 is 0 Å². The molecule has 10 heteroatoms. The van der Waals surface area contributed by atoms with Crippen molar-refractivity contribution in [1.29, 1.82) is 0 Å². The van der Waals surface area contributed by atoms with Gasteiger partial charge in [-0.3, -0.25) is 18.6 Å². The van der Waals surface area contributed by atoms with Crippen molar-refractivity contribution in [1.82, 2.24) is 0 Å². The molecule has 0 rings (SSSR count). The van der Waals surface area contributed by atoms with Gasteiger partial charge in [0.05, 0.1) is 27.7 Å². The predicted octanol–water partition coefficient (Wildman–Crippen LogP) is 22.2. The molecule has 1 N–H and O–H groups in total. The molecule has 0 spiro atoms. The molecule has 81 heavy (non-hydrogen) atoms. The maximum atomic E-state index is 12.9. The second kappa shape index (κ2) is 62.2. The van der Waals surface area contributed by atoms with Gasteiger partial charge in [-0.15, -0.1) is 0 Å². The van der Waals surface area contributed by atoms with Crippen LogP contribution in [0.15, 0.2) is 60.8 Å². The van der Waals surface area contributed by atoms with E-state index in [0.717, 1.165) is 70.6 Å². The molecule has 0 aromatic rings. The molecule has 0 aliphatic rings. The highest BCUT2D eigenvalue weighted by Crippen LogP contribution is 2.43. The van der Waals surface area contributed by atoms with E-state index in [1.54, 1.807) is 0 Å². The van der Waals surface area contributed by atoms with E-state index in [2.05, 4.69) is 74.6 Å². The van der Waals surface area contributed by atoms with E-state index in [-0.39, 0.29) is 25.6 Å². The van der Waals surface area contributed by atoms with Crippen LogP contribution in [0.25, 0.3) is 0 Å². The number of phosphoric acid groups is 1. The number of hydrogen-bond acceptors (Lipinski definition) is 7. The average molecular weight is 1160 g/mol. The van der Waals surface area contributed by atoms with E-state index in [0.29, 0.717) is 23.9 Å². The minimum atomic E-state index is -4.39. The van der Waals surface area contributed by atoms with Crippen LogP contribution in [0.3, 0.4) is 0 Å². The summed E-state index contributed by atoms with van der Waals surface area (Å²) in [5, 5.41) is 0. The first-order chi connectivity index (χ1) is 39.5. The van der Waals surface area contributed by atoms with Crippen LogP contribution in [0.1, 0.15) is 328 Å². The molecule has 2 atom stereocenters. The molecule has 0 bridgehead atoms. The van der Waals surface area contributed by atoms with Crippen LogP contribution in [-0.4, -0.2) is 74.9 Å². The Morgan fingerprint density at radius 2 is 0.704 bits per heavy atom. The third kappa shape index (κ3) is 66.7. The van der Waals surface area contributed by atoms with Crippen LogP contribution in [0.2, 0.25) is 0 Å². The monoisotopic (exact) mass is 1160 g/mol. The van der Waals surface area contributed by atoms with Gasteiger partial charge in [0.1, 0.15) is 19.8 Å². The van der Waals surface area contributed by atoms with Crippen molar-refractivity contribution >= 4 is 19.8 Å². The summed E-state index contributed by atoms with van der Waals surface area (Å²) in [4.78, 5) is 35.9. The molecule has 9 nitrogen and oxygen atoms in total. The third-order valence-electron chi connectivity index (χ3n) is 15.3. The first-order valence-electron chi connectivity index (χ1n) is 34.5. The van der Waals surface area contributed by atoms with Gasteiger partial charge in [-0.05, 0) is 57.8 Å². The zero-order valence-electron chi connectivity index (χ0n) is 54.0. The lowest BCUT2D eigenvalue weighted by Gasteiger charge is -2.24. The lowest BCUT2D eigenvalue weighted by Crippen LogP contribution is -2.37. The number of quaternary nitrogens is 1. The van der Waals surface area contributed by atoms with Gasteiger partial charge < -0.3 is 18.9 Å². The van der Waals surface area contributed by atoms with Crippen molar-refractivity contribution in [3.05, 3.63) is 60.8 Å². The van der Waals surface area contributed by atoms with Gasteiger partial charge in [0.2, 0.25) is 0 Å². The number of carbonyl (C=O) groups excluding carboxylic acids is 2. The summed E-state index contributed by atoms with van der Waals surface area (Å²) in [6.07, 6.45) is 81.8. The molecule has 0 amide bonds. The standard InChI is InChI=1S/C71H132NO8P/c1-6-8-10-12-14-16-18-20-22-24-26-28-30-32-34-36-38-40-42-44-46-48-50-52-54-56-58-60-62-64-71(74)80-69(68-79-81(75,76)78-66-65-72(3,4)5)67-77-70(73)63-61-59-57-55-53-51-49-47-45-43-41-39-37-35-33-31-29-27-25-23-21-19-17-15-13-11-9-7-2/h8,10,14,16,20,22,26,28,32,34,69H,6-7,9,11-13,15,17-19,21,23-25,27,29-31,33,35-68H2,1-5H3/p+1/b10-8-,16-14-,22-20-,28-26-,34-32-. The van der Waals surface area contributed by atoms with E-state index in [1.165, 1.54) is 225 Å². The Balaban J connectivity index is 4.03. The summed E-state index contributed by atoms with van der Waals surface area (Å²) in [7, 11) is 1.49. The van der Waals surface area contributed by atoms with Crippen molar-refractivity contribution < 1.29 is 42.1 Å². The van der Waals surface area contributed by atoms with E-state index < -0.39 is 26.5 Å². The Morgan fingerprint density at radius 1 is 0.395 bits per heavy atom. The van der Waals surface area contributed by atoms with Crippen LogP contribution < -0.4 is 0 Å². The molecule has 0 radical (unpaired) electrons. The SMILES string of the molecule is CC/C=C\C/C=C\C/C=C\C/C=C\C/C=C\CCCCCCCCCCCCCCCC(=O)OC(COC(=O)CCCCCCCCCCCCCCCCCCCCCCCCCCCCCC)COP(=O)(O)OCC[N+](C)(C)C. The number of unbranched alkanes of at least 4 members (excludes halogenated alkanes) is 40. The molecule has 474 valence electrons. The third-order valence-corrected chi connectivity index (χ3v) is 16.3. The number of esters is 2. The normalized spacial score (nSPS) is 13.5. The highest BCUT2D eigenvalue weighted by atomic mass is 31.2. The van der Waals surface area contributed by atoms with Gasteiger partial charge in [-0.2, -0.15) is 0 Å². The number of rotatable bonds is 64. The molecule has 0 fully saturated rings. The van der Waals surface area contributed by atoms with Gasteiger partial charge in [-0.1, -0.05) is 319 Å². The Morgan fingerprint density at radius 3 is 1.05 bits per heavy atom. The zero-order chi connectivity index (χ0) is 59.1. The summed E-state index contributed by atoms with van der Waals surface area (Å²) in [5.41, 5.74) is 0. The number of carbonyl (C=O) groups is 2. The molecule has 0 saturated carbocycles. The second-order valence-corrected chi connectivity index (χ2v) is 26.0. The van der Waals surface area contributed by atoms with Crippen LogP contribution >= 0.6 is 7.82 Å². The number of likely N-dealkylation sites (N-methyl/N-ethyl adjacent to an activating group) is 1. The fourth-order valence-electron chi connectivity index (χ4n) is 10.0. The molecule has 0 aromatic carbocycles. The van der Waals surface area contributed by atoms with Crippen molar-refractivity contribution in [2.24, 2.45) is 0 Å². The first-order valence-corrected chi connectivity index (χ1v) is 36.0. The van der Waals surface area contributed by atoms with Gasteiger partial charge >= 0.3 is 19.8 Å². The first kappa shape index (κ1) is 78.7. The molecule has 0 heterocycles. The Bertz CT molecular complexity index is 1550. The molecule has 0 saturated heterocycles. The number of nitrogens with zero attached hydrogens (tertiary/aromatic N) is 1. The topological polar surface area (TPSA) is 108 Å². The zero-order valence-corrected chi connectivity index (χ0v) is 54.9. The highest BCUT2D eigenvalue weighted by molar-refractivity contribution is 7.47. The summed E-state index contributed by atoms with van der Waals surface area (Å²) in [5.74, 6) is -0.783. The van der Waals surface area contributed by atoms with Crippen molar-refractivity contribution in [2.45, 2.75) is 335 Å². The highest BCUT2D eigenvalue weighted by Gasteiger charge is 2.27. The number of ether oxygens (including phenoxy) is 2. The van der Waals surface area contributed by atoms with E-state index in [1.807, 2.05) is 21.1 Å². The van der Waals surface area contributed by atoms with Gasteiger partial charge in [0.25, 0.3) is 0 Å². The van der Waals surface area contributed by atoms with E-state index in [9.17, 15) is 19.0 Å². The molecular weight excluding hydrogens is 1030 g/mol. The maximum absolute atomic E-state index is 12.9. The molecular formula is C71H133NO8P+. The molecule has 2 unspecified atom stereocenters. The van der Waals surface area contributed by atoms with Gasteiger partial charge in [-0.25, -0.2) is 4.57 Å². The summed E-state index contributed by atoms with van der Waals surface area (Å²) < 4.78 is 34.7. The lowest BCUT2D eigenvalue weighted by atomic mass is 10.0. The number of phosphoric ester groups is 1. The second-order valence-electron chi connectivity index (χ2n) is 24.5. The van der Waals surface area contributed by atoms with Gasteiger partial charge in [0, 0.05) is 12.8 Å². The Hall–Kier alpha value is -2.29. The molecule has 0 aromatic heterocycles. The smallest absolute Gasteiger partial charge is 0.462 e. The number of hydrogen-bond donors (Lipinski definition) is 1. The van der Waals surface area contributed by atoms with Crippen LogP contribution in [0.4, 0.5) is 0 Å². The van der Waals surface area contributed by atoms with Crippen molar-refractivity contribution in [3.8, 4) is 0 Å². The summed E-state index contributed by atoms with van der Waals surface area (Å²) in [6.45, 7) is 4.38. The average Bonchev–Trinajstić information content (AvgIpc) is 3.43. The lowest BCUT2D eigenvalue weighted by molar-refractivity contribution is -0.870. The predicted molar refractivity (Wildman–Crippen MR) is 349 cm³/mol. The largest absolute Gasteiger partial charge is 0.472 e. The van der Waals surface area contributed by atoms with Crippen LogP contribution in [-0.2, 0) is 32.7 Å².